The van der Waals surface area contributed by atoms with Crippen molar-refractivity contribution < 1.29 is 33.7 Å². The van der Waals surface area contributed by atoms with Crippen molar-refractivity contribution in [2.45, 2.75) is 13.5 Å². The molecule has 0 aliphatic carbocycles. The number of ether oxygens (including phenoxy) is 3. The highest BCUT2D eigenvalue weighted by Gasteiger charge is 2.21. The molecule has 11 nitrogen and oxygen atoms in total. The van der Waals surface area contributed by atoms with Crippen molar-refractivity contribution in [3.63, 3.8) is 0 Å². The van der Waals surface area contributed by atoms with Crippen molar-refractivity contribution >= 4 is 40.4 Å². The molecular formula is C29H24N4O7. The molecular weight excluding hydrogens is 516 g/mol. The molecule has 0 spiro atoms. The normalized spacial score (nSPS) is 12.6. The maximum Gasteiger partial charge on any atom is 0.326 e. The van der Waals surface area contributed by atoms with Crippen LogP contribution in [0.5, 0.6) is 17.4 Å². The number of benzene rings is 3. The molecule has 0 saturated heterocycles. The smallest absolute Gasteiger partial charge is 0.326 e. The average molecular weight is 541 g/mol. The van der Waals surface area contributed by atoms with Crippen LogP contribution in [0.1, 0.15) is 22.8 Å². The Kier molecular flexibility index (Phi) is 7.54. The first-order valence-electron chi connectivity index (χ1n) is 12.3. The molecule has 3 aromatic carbocycles. The van der Waals surface area contributed by atoms with E-state index in [1.807, 2.05) is 0 Å². The van der Waals surface area contributed by atoms with Crippen molar-refractivity contribution in [1.82, 2.24) is 9.88 Å². The molecule has 2 N–H and O–H groups in total. The lowest BCUT2D eigenvalue weighted by atomic mass is 10.1. The molecule has 4 aromatic rings. The fourth-order valence-electron chi connectivity index (χ4n) is 4.12. The number of nitrogens with zero attached hydrogens (tertiary/aromatic N) is 3. The standard InChI is InChI=1S/C29H24N4O7/c1-2-38-25(34)16-33-22-11-7-6-10-20(22)26(29(33)37)31-32-28(36)21(30-27(35)19-8-4-3-5-9-19)14-18-12-13-23-24(15-18)40-17-39-23/h3-15,37H,2,16-17H2,1H3,(H,30,35). The van der Waals surface area contributed by atoms with Gasteiger partial charge in [-0.15, -0.1) is 10.2 Å². The summed E-state index contributed by atoms with van der Waals surface area (Å²) in [5.41, 5.74) is 1.22. The van der Waals surface area contributed by atoms with E-state index in [0.29, 0.717) is 33.5 Å². The van der Waals surface area contributed by atoms with Gasteiger partial charge in [0, 0.05) is 10.9 Å². The summed E-state index contributed by atoms with van der Waals surface area (Å²) in [6.07, 6.45) is 1.44. The highest BCUT2D eigenvalue weighted by Crippen LogP contribution is 2.39. The summed E-state index contributed by atoms with van der Waals surface area (Å²) >= 11 is 0. The van der Waals surface area contributed by atoms with Gasteiger partial charge in [-0.1, -0.05) is 42.5 Å². The molecule has 1 aliphatic rings. The lowest BCUT2D eigenvalue weighted by molar-refractivity contribution is -0.143. The van der Waals surface area contributed by atoms with E-state index in [9.17, 15) is 19.5 Å². The van der Waals surface area contributed by atoms with Gasteiger partial charge in [-0.2, -0.15) is 0 Å². The molecule has 0 saturated carbocycles. The summed E-state index contributed by atoms with van der Waals surface area (Å²) < 4.78 is 17.1. The van der Waals surface area contributed by atoms with Gasteiger partial charge in [0.25, 0.3) is 5.91 Å². The van der Waals surface area contributed by atoms with E-state index in [1.54, 1.807) is 79.7 Å². The molecule has 1 aromatic heterocycles. The van der Waals surface area contributed by atoms with Crippen LogP contribution in [0.2, 0.25) is 0 Å². The van der Waals surface area contributed by atoms with E-state index in [4.69, 9.17) is 14.2 Å². The number of fused-ring (bicyclic) bond motifs is 2. The highest BCUT2D eigenvalue weighted by molar-refractivity contribution is 6.06. The minimum Gasteiger partial charge on any atom is -0.493 e. The van der Waals surface area contributed by atoms with Gasteiger partial charge in [0.05, 0.1) is 12.1 Å². The number of hydrogen-bond acceptors (Lipinski definition) is 8. The van der Waals surface area contributed by atoms with Crippen LogP contribution in [0, 0.1) is 0 Å². The van der Waals surface area contributed by atoms with E-state index >= 15 is 0 Å². The van der Waals surface area contributed by atoms with Crippen molar-refractivity contribution in [3.05, 3.63) is 89.6 Å². The van der Waals surface area contributed by atoms with Gasteiger partial charge in [0.1, 0.15) is 12.2 Å². The molecule has 202 valence electrons. The van der Waals surface area contributed by atoms with Gasteiger partial charge in [-0.25, -0.2) is 0 Å². The Balaban J connectivity index is 1.49. The molecule has 5 rings (SSSR count). The molecule has 11 heteroatoms. The number of amides is 2. The maximum absolute atomic E-state index is 13.3. The van der Waals surface area contributed by atoms with Crippen LogP contribution < -0.4 is 14.8 Å². The highest BCUT2D eigenvalue weighted by atomic mass is 16.7. The van der Waals surface area contributed by atoms with Crippen molar-refractivity contribution in [2.75, 3.05) is 13.4 Å². The Hall–Kier alpha value is -5.45. The average Bonchev–Trinajstić information content (AvgIpc) is 3.54. The molecule has 0 unspecified atom stereocenters. The Morgan fingerprint density at radius 3 is 2.58 bits per heavy atom. The SMILES string of the molecule is CCOC(=O)Cn1c(O)c(N=NC(=O)C(=Cc2ccc3c(c2)OCO3)NC(=O)c2ccccc2)c2ccccc21. The first-order chi connectivity index (χ1) is 19.4. The van der Waals surface area contributed by atoms with Crippen LogP contribution in [-0.2, 0) is 20.9 Å². The number of hydrogen-bond donors (Lipinski definition) is 2. The summed E-state index contributed by atoms with van der Waals surface area (Å²) in [5, 5.41) is 21.8. The Morgan fingerprint density at radius 1 is 1.02 bits per heavy atom. The van der Waals surface area contributed by atoms with Crippen LogP contribution in [0.15, 0.2) is 88.7 Å². The second-order valence-electron chi connectivity index (χ2n) is 8.58. The van der Waals surface area contributed by atoms with Gasteiger partial charge in [0.15, 0.2) is 17.2 Å². The van der Waals surface area contributed by atoms with E-state index in [1.165, 1.54) is 10.6 Å². The van der Waals surface area contributed by atoms with Crippen LogP contribution in [0.4, 0.5) is 5.69 Å². The quantitative estimate of drug-likeness (QED) is 0.187. The molecule has 0 bridgehead atoms. The van der Waals surface area contributed by atoms with E-state index in [-0.39, 0.29) is 37.2 Å². The molecule has 40 heavy (non-hydrogen) atoms. The van der Waals surface area contributed by atoms with E-state index < -0.39 is 17.8 Å². The number of esters is 1. The summed E-state index contributed by atoms with van der Waals surface area (Å²) in [6.45, 7) is 1.70. The van der Waals surface area contributed by atoms with Crippen molar-refractivity contribution in [3.8, 4) is 17.4 Å². The zero-order chi connectivity index (χ0) is 28.1. The van der Waals surface area contributed by atoms with Gasteiger partial charge in [-0.05, 0) is 48.9 Å². The minimum absolute atomic E-state index is 0.00920. The van der Waals surface area contributed by atoms with Gasteiger partial charge in [0.2, 0.25) is 12.7 Å². The fraction of sp³-hybridized carbons (Fsp3) is 0.138. The number of nitrogens with one attached hydrogen (secondary N) is 1. The lowest BCUT2D eigenvalue weighted by Gasteiger charge is -2.07. The third-order valence-corrected chi connectivity index (χ3v) is 5.97. The summed E-state index contributed by atoms with van der Waals surface area (Å²) in [5.74, 6) is -1.24. The number of carbonyl (C=O) groups excluding carboxylic acids is 3. The molecule has 0 radical (unpaired) electrons. The first-order valence-corrected chi connectivity index (χ1v) is 12.3. The molecule has 0 fully saturated rings. The summed E-state index contributed by atoms with van der Waals surface area (Å²) in [7, 11) is 0. The monoisotopic (exact) mass is 540 g/mol. The Labute approximate surface area is 228 Å². The first kappa shape index (κ1) is 26.2. The Morgan fingerprint density at radius 2 is 1.77 bits per heavy atom. The van der Waals surface area contributed by atoms with E-state index in [2.05, 4.69) is 15.5 Å². The third kappa shape index (κ3) is 5.53. The second-order valence-corrected chi connectivity index (χ2v) is 8.58. The second kappa shape index (κ2) is 11.5. The minimum atomic E-state index is -0.872. The van der Waals surface area contributed by atoms with Crippen LogP contribution >= 0.6 is 0 Å². The number of aromatic nitrogens is 1. The van der Waals surface area contributed by atoms with Gasteiger partial charge < -0.3 is 24.6 Å². The molecule has 1 aliphatic heterocycles. The topological polar surface area (TPSA) is 141 Å². The lowest BCUT2D eigenvalue weighted by Crippen LogP contribution is -2.26. The third-order valence-electron chi connectivity index (χ3n) is 5.97. The predicted octanol–water partition coefficient (Wildman–Crippen LogP) is 4.72. The molecule has 0 atom stereocenters. The van der Waals surface area contributed by atoms with Gasteiger partial charge in [-0.3, -0.25) is 19.0 Å². The zero-order valence-corrected chi connectivity index (χ0v) is 21.4. The maximum atomic E-state index is 13.3. The summed E-state index contributed by atoms with van der Waals surface area (Å²) in [4.78, 5) is 38.3. The number of rotatable bonds is 8. The van der Waals surface area contributed by atoms with Crippen molar-refractivity contribution in [2.24, 2.45) is 10.2 Å². The number of azo groups is 1. The Bertz CT molecular complexity index is 1660. The van der Waals surface area contributed by atoms with Gasteiger partial charge >= 0.3 is 11.9 Å². The van der Waals surface area contributed by atoms with Crippen molar-refractivity contribution in [1.29, 1.82) is 0 Å². The van der Waals surface area contributed by atoms with Crippen LogP contribution in [0.3, 0.4) is 0 Å². The van der Waals surface area contributed by atoms with E-state index in [0.717, 1.165) is 0 Å². The summed E-state index contributed by atoms with van der Waals surface area (Å²) in [6, 6.07) is 20.3. The number of para-hydroxylation sites is 1. The zero-order valence-electron chi connectivity index (χ0n) is 21.4. The predicted molar refractivity (Wildman–Crippen MR) is 144 cm³/mol. The largest absolute Gasteiger partial charge is 0.493 e. The fourth-order valence-corrected chi connectivity index (χ4v) is 4.12. The van der Waals surface area contributed by atoms with Crippen LogP contribution in [0.25, 0.3) is 17.0 Å². The van der Waals surface area contributed by atoms with Crippen LogP contribution in [-0.4, -0.2) is 40.9 Å². The molecule has 2 amide bonds. The number of carbonyl (C=O) groups is 3. The number of aromatic hydroxyl groups is 1. The molecule has 2 heterocycles.